The third-order valence-electron chi connectivity index (χ3n) is 4.36. The van der Waals surface area contributed by atoms with E-state index in [-0.39, 0.29) is 29.4 Å². The molecule has 3 N–H and O–H groups in total. The van der Waals surface area contributed by atoms with Gasteiger partial charge in [0.05, 0.1) is 12.5 Å². The van der Waals surface area contributed by atoms with Gasteiger partial charge in [0.25, 0.3) is 0 Å². The van der Waals surface area contributed by atoms with Crippen LogP contribution in [0.5, 0.6) is 0 Å². The van der Waals surface area contributed by atoms with Crippen molar-refractivity contribution in [2.75, 3.05) is 5.32 Å². The summed E-state index contributed by atoms with van der Waals surface area (Å²) in [6, 6.07) is 7.58. The highest BCUT2D eigenvalue weighted by Gasteiger charge is 2.20. The first-order valence-electron chi connectivity index (χ1n) is 9.07. The number of nitrogens with one attached hydrogen (secondary N) is 2. The first-order valence-corrected chi connectivity index (χ1v) is 9.07. The Bertz CT molecular complexity index is 582. The van der Waals surface area contributed by atoms with Crippen molar-refractivity contribution < 1.29 is 14.7 Å². The van der Waals surface area contributed by atoms with Crippen LogP contribution >= 0.6 is 0 Å². The third-order valence-corrected chi connectivity index (χ3v) is 4.36. The second kappa shape index (κ2) is 8.48. The van der Waals surface area contributed by atoms with Crippen LogP contribution < -0.4 is 10.6 Å². The molecule has 1 aliphatic rings. The average molecular weight is 346 g/mol. The van der Waals surface area contributed by atoms with Crippen LogP contribution in [0.3, 0.4) is 0 Å². The summed E-state index contributed by atoms with van der Waals surface area (Å²) in [5.41, 5.74) is 1.62. The topological polar surface area (TPSA) is 78.4 Å². The van der Waals surface area contributed by atoms with Gasteiger partial charge in [0.15, 0.2) is 0 Å². The molecule has 1 aromatic rings. The molecule has 0 atom stereocenters. The predicted molar refractivity (Wildman–Crippen MR) is 99.3 cm³/mol. The Morgan fingerprint density at radius 1 is 1.04 bits per heavy atom. The van der Waals surface area contributed by atoms with Crippen molar-refractivity contribution in [2.24, 2.45) is 5.41 Å². The molecular formula is C20H30N2O3. The van der Waals surface area contributed by atoms with Crippen molar-refractivity contribution in [1.29, 1.82) is 0 Å². The van der Waals surface area contributed by atoms with Gasteiger partial charge in [0.2, 0.25) is 11.8 Å². The molecule has 0 spiro atoms. The summed E-state index contributed by atoms with van der Waals surface area (Å²) in [5.74, 6) is 0.00314. The number of anilines is 1. The van der Waals surface area contributed by atoms with Gasteiger partial charge in [-0.2, -0.15) is 0 Å². The molecule has 2 amide bonds. The molecule has 5 nitrogen and oxygen atoms in total. The Morgan fingerprint density at radius 2 is 1.64 bits per heavy atom. The fraction of sp³-hybridized carbons (Fsp3) is 0.600. The molecule has 0 saturated heterocycles. The van der Waals surface area contributed by atoms with Crippen LogP contribution in [0.15, 0.2) is 24.3 Å². The average Bonchev–Trinajstić information content (AvgIpc) is 2.49. The molecule has 0 heterocycles. The molecular weight excluding hydrogens is 316 g/mol. The summed E-state index contributed by atoms with van der Waals surface area (Å²) in [6.07, 6.45) is 3.77. The van der Waals surface area contributed by atoms with Crippen molar-refractivity contribution in [3.05, 3.63) is 29.8 Å². The zero-order valence-electron chi connectivity index (χ0n) is 15.5. The largest absolute Gasteiger partial charge is 0.393 e. The number of benzene rings is 1. The highest BCUT2D eigenvalue weighted by molar-refractivity contribution is 5.91. The molecule has 0 radical (unpaired) electrons. The van der Waals surface area contributed by atoms with Crippen LogP contribution in [0.4, 0.5) is 5.69 Å². The van der Waals surface area contributed by atoms with Crippen molar-refractivity contribution in [1.82, 2.24) is 5.32 Å². The van der Waals surface area contributed by atoms with E-state index in [9.17, 15) is 14.7 Å². The zero-order valence-corrected chi connectivity index (χ0v) is 15.5. The summed E-state index contributed by atoms with van der Waals surface area (Å²) < 4.78 is 0. The van der Waals surface area contributed by atoms with Gasteiger partial charge in [-0.25, -0.2) is 0 Å². The van der Waals surface area contributed by atoms with E-state index in [1.165, 1.54) is 0 Å². The van der Waals surface area contributed by atoms with Crippen LogP contribution in [-0.4, -0.2) is 29.1 Å². The summed E-state index contributed by atoms with van der Waals surface area (Å²) in [5, 5.41) is 15.4. The van der Waals surface area contributed by atoms with E-state index >= 15 is 0 Å². The molecule has 1 aromatic carbocycles. The molecule has 5 heteroatoms. The number of aliphatic hydroxyl groups excluding tert-OH is 1. The molecule has 0 bridgehead atoms. The summed E-state index contributed by atoms with van der Waals surface area (Å²) in [4.78, 5) is 24.1. The third kappa shape index (κ3) is 7.26. The molecule has 25 heavy (non-hydrogen) atoms. The standard InChI is InChI=1S/C20H30N2O3/c1-20(2,3)13-19(25)22-15-6-4-14(5-7-15)12-18(24)21-16-8-10-17(23)11-9-16/h4-7,16-17,23H,8-13H2,1-3H3,(H,21,24)(H,22,25). The minimum absolute atomic E-state index is 0.00233. The maximum Gasteiger partial charge on any atom is 0.224 e. The number of amides is 2. The van der Waals surface area contributed by atoms with Crippen LogP contribution in [0.2, 0.25) is 0 Å². The van der Waals surface area contributed by atoms with E-state index in [2.05, 4.69) is 10.6 Å². The molecule has 2 rings (SSSR count). The van der Waals surface area contributed by atoms with Gasteiger partial charge in [0.1, 0.15) is 0 Å². The molecule has 0 aromatic heterocycles. The SMILES string of the molecule is CC(C)(C)CC(=O)Nc1ccc(CC(=O)NC2CCC(O)CC2)cc1. The van der Waals surface area contributed by atoms with Crippen LogP contribution in [0.1, 0.15) is 58.4 Å². The Kier molecular flexibility index (Phi) is 6.59. The van der Waals surface area contributed by atoms with Crippen LogP contribution in [-0.2, 0) is 16.0 Å². The van der Waals surface area contributed by atoms with Crippen LogP contribution in [0, 0.1) is 5.41 Å². The molecule has 1 saturated carbocycles. The lowest BCUT2D eigenvalue weighted by Gasteiger charge is -2.26. The number of rotatable bonds is 5. The van der Waals surface area contributed by atoms with Crippen molar-refractivity contribution in [2.45, 2.75) is 71.4 Å². The maximum atomic E-state index is 12.1. The Labute approximate surface area is 150 Å². The van der Waals surface area contributed by atoms with Gasteiger partial charge < -0.3 is 15.7 Å². The number of aliphatic hydroxyl groups is 1. The predicted octanol–water partition coefficient (Wildman–Crippen LogP) is 3.02. The van der Waals surface area contributed by atoms with Gasteiger partial charge in [-0.3, -0.25) is 9.59 Å². The first kappa shape index (κ1) is 19.4. The number of hydrogen-bond donors (Lipinski definition) is 3. The molecule has 0 aliphatic heterocycles. The smallest absolute Gasteiger partial charge is 0.224 e. The van der Waals surface area contributed by atoms with Gasteiger partial charge in [-0.1, -0.05) is 32.9 Å². The van der Waals surface area contributed by atoms with E-state index in [0.717, 1.165) is 36.9 Å². The van der Waals surface area contributed by atoms with E-state index < -0.39 is 0 Å². The van der Waals surface area contributed by atoms with Crippen molar-refractivity contribution >= 4 is 17.5 Å². The lowest BCUT2D eigenvalue weighted by Crippen LogP contribution is -2.39. The highest BCUT2D eigenvalue weighted by atomic mass is 16.3. The Hall–Kier alpha value is -1.88. The fourth-order valence-corrected chi connectivity index (χ4v) is 3.08. The van der Waals surface area contributed by atoms with Crippen molar-refractivity contribution in [3.63, 3.8) is 0 Å². The fourth-order valence-electron chi connectivity index (χ4n) is 3.08. The molecule has 1 aliphatic carbocycles. The second-order valence-electron chi connectivity index (χ2n) is 8.23. The van der Waals surface area contributed by atoms with E-state index in [0.29, 0.717) is 12.8 Å². The lowest BCUT2D eigenvalue weighted by atomic mass is 9.92. The number of carbonyl (C=O) groups is 2. The quantitative estimate of drug-likeness (QED) is 0.767. The normalized spacial score (nSPS) is 20.8. The summed E-state index contributed by atoms with van der Waals surface area (Å²) >= 11 is 0. The maximum absolute atomic E-state index is 12.1. The minimum atomic E-state index is -0.214. The van der Waals surface area contributed by atoms with Crippen LogP contribution in [0.25, 0.3) is 0 Å². The van der Waals surface area contributed by atoms with E-state index in [1.807, 2.05) is 45.0 Å². The Balaban J connectivity index is 1.79. The monoisotopic (exact) mass is 346 g/mol. The number of carbonyl (C=O) groups excluding carboxylic acids is 2. The Morgan fingerprint density at radius 3 is 2.20 bits per heavy atom. The van der Waals surface area contributed by atoms with Gasteiger partial charge in [0, 0.05) is 18.2 Å². The molecule has 1 fully saturated rings. The summed E-state index contributed by atoms with van der Waals surface area (Å²) in [7, 11) is 0. The lowest BCUT2D eigenvalue weighted by molar-refractivity contribution is -0.121. The van der Waals surface area contributed by atoms with Gasteiger partial charge in [-0.15, -0.1) is 0 Å². The van der Waals surface area contributed by atoms with Crippen molar-refractivity contribution in [3.8, 4) is 0 Å². The van der Waals surface area contributed by atoms with Gasteiger partial charge in [-0.05, 0) is 48.8 Å². The second-order valence-corrected chi connectivity index (χ2v) is 8.23. The molecule has 138 valence electrons. The van der Waals surface area contributed by atoms with Gasteiger partial charge >= 0.3 is 0 Å². The molecule has 0 unspecified atom stereocenters. The minimum Gasteiger partial charge on any atom is -0.393 e. The summed E-state index contributed by atoms with van der Waals surface area (Å²) in [6.45, 7) is 6.09. The highest BCUT2D eigenvalue weighted by Crippen LogP contribution is 2.20. The van der Waals surface area contributed by atoms with E-state index in [4.69, 9.17) is 0 Å². The first-order chi connectivity index (χ1) is 11.7. The van der Waals surface area contributed by atoms with E-state index in [1.54, 1.807) is 0 Å². The zero-order chi connectivity index (χ0) is 18.4. The number of hydrogen-bond acceptors (Lipinski definition) is 3.